The molecule has 3 aliphatic rings. The number of nitrogens with zero attached hydrogens (tertiary/aromatic N) is 2. The van der Waals surface area contributed by atoms with E-state index in [1.165, 1.54) is 4.90 Å². The number of anilines is 1. The average molecular weight is 562 g/mol. The molecule has 0 fully saturated rings. The van der Waals surface area contributed by atoms with Crippen molar-refractivity contribution < 1.29 is 34.8 Å². The number of carbonyl (C=O) groups excluding carboxylic acids is 3. The number of likely N-dealkylation sites (N-methyl/N-ethyl adjacent to an activating group) is 1. The number of fused-ring (bicyclic) bond motifs is 3. The summed E-state index contributed by atoms with van der Waals surface area (Å²) in [5.74, 6) is -6.64. The minimum Gasteiger partial charge on any atom is -0.510 e. The zero-order valence-corrected chi connectivity index (χ0v) is 23.7. The molecular formula is C31H35N3O7. The molecule has 3 aliphatic carbocycles. The largest absolute Gasteiger partial charge is 0.510 e. The van der Waals surface area contributed by atoms with Crippen molar-refractivity contribution in [3.63, 3.8) is 0 Å². The lowest BCUT2D eigenvalue weighted by molar-refractivity contribution is -0.148. The van der Waals surface area contributed by atoms with Crippen molar-refractivity contribution in [1.82, 2.24) is 4.90 Å². The second-order valence-electron chi connectivity index (χ2n) is 11.6. The van der Waals surface area contributed by atoms with Crippen LogP contribution < -0.4 is 10.6 Å². The fourth-order valence-corrected chi connectivity index (χ4v) is 6.84. The number of amides is 1. The minimum absolute atomic E-state index is 0.00782. The Morgan fingerprint density at radius 1 is 1.07 bits per heavy atom. The fraction of sp³-hybridized carbons (Fsp3) is 0.387. The first-order chi connectivity index (χ1) is 19.2. The van der Waals surface area contributed by atoms with Gasteiger partial charge in [0.05, 0.1) is 11.6 Å². The van der Waals surface area contributed by atoms with E-state index < -0.39 is 58.0 Å². The number of aliphatic hydroxyl groups excluding tert-OH is 2. The van der Waals surface area contributed by atoms with E-state index in [1.807, 2.05) is 56.3 Å². The number of nitrogens with two attached hydrogens (primary N) is 1. The third kappa shape index (κ3) is 3.96. The van der Waals surface area contributed by atoms with E-state index in [0.29, 0.717) is 22.4 Å². The summed E-state index contributed by atoms with van der Waals surface area (Å²) in [6.45, 7) is 2.04. The molecule has 0 radical (unpaired) electrons. The van der Waals surface area contributed by atoms with E-state index in [9.17, 15) is 34.8 Å². The maximum absolute atomic E-state index is 14.2. The van der Waals surface area contributed by atoms with Crippen molar-refractivity contribution >= 4 is 23.2 Å². The molecule has 4 atom stereocenters. The van der Waals surface area contributed by atoms with Gasteiger partial charge >= 0.3 is 0 Å². The number of carbonyl (C=O) groups is 3. The molecule has 41 heavy (non-hydrogen) atoms. The molecule has 0 saturated carbocycles. The third-order valence-corrected chi connectivity index (χ3v) is 8.85. The van der Waals surface area contributed by atoms with Gasteiger partial charge in [0, 0.05) is 36.8 Å². The Morgan fingerprint density at radius 3 is 2.24 bits per heavy atom. The first kappa shape index (κ1) is 28.4. The van der Waals surface area contributed by atoms with E-state index in [4.69, 9.17) is 5.73 Å². The summed E-state index contributed by atoms with van der Waals surface area (Å²) >= 11 is 0. The van der Waals surface area contributed by atoms with E-state index in [-0.39, 0.29) is 29.7 Å². The Balaban J connectivity index is 1.74. The lowest BCUT2D eigenvalue weighted by atomic mass is 9.58. The molecular weight excluding hydrogens is 526 g/mol. The van der Waals surface area contributed by atoms with Crippen molar-refractivity contribution in [2.24, 2.45) is 17.6 Å². The van der Waals surface area contributed by atoms with Crippen LogP contribution in [0.1, 0.15) is 34.8 Å². The standard InChI is InChI=1S/C31H35N3O7/c1-6-14-7-9-15(10-8-14)17-13-20(33(2)3)18-11-16-12-19-24(34(4)5)27(37)23(30(32)40)29(39)31(19,41)28(38)21(16)26(36)22(18)25(17)35/h7-10,13,16,19,24,35,37-38,41H,6,11-12H2,1-5H3,(H2,32,40)/t16-,19-,24-,31-/m1/s1. The number of phenols is 1. The van der Waals surface area contributed by atoms with Crippen LogP contribution in [0.3, 0.4) is 0 Å². The van der Waals surface area contributed by atoms with E-state index in [1.54, 1.807) is 14.1 Å². The van der Waals surface area contributed by atoms with Gasteiger partial charge in [-0.25, -0.2) is 0 Å². The summed E-state index contributed by atoms with van der Waals surface area (Å²) < 4.78 is 0. The number of primary amides is 1. The van der Waals surface area contributed by atoms with Crippen molar-refractivity contribution in [2.45, 2.75) is 37.8 Å². The van der Waals surface area contributed by atoms with Gasteiger partial charge in [0.1, 0.15) is 22.8 Å². The number of allylic oxidation sites excluding steroid dienone is 1. The molecule has 2 aromatic carbocycles. The van der Waals surface area contributed by atoms with Crippen LogP contribution >= 0.6 is 0 Å². The molecule has 0 unspecified atom stereocenters. The molecule has 2 aromatic rings. The van der Waals surface area contributed by atoms with Crippen molar-refractivity contribution in [1.29, 1.82) is 0 Å². The van der Waals surface area contributed by atoms with Gasteiger partial charge in [-0.2, -0.15) is 0 Å². The summed E-state index contributed by atoms with van der Waals surface area (Å²) in [5, 5.41) is 45.8. The highest BCUT2D eigenvalue weighted by Gasteiger charge is 2.63. The Kier molecular flexibility index (Phi) is 6.74. The number of Topliss-reactive ketones (excluding diaryl/α,β-unsaturated/α-hetero) is 2. The molecule has 0 aromatic heterocycles. The predicted octanol–water partition coefficient (Wildman–Crippen LogP) is 2.42. The highest BCUT2D eigenvalue weighted by molar-refractivity contribution is 6.25. The molecule has 0 heterocycles. The van der Waals surface area contributed by atoms with Gasteiger partial charge in [0.15, 0.2) is 11.4 Å². The van der Waals surface area contributed by atoms with Crippen LogP contribution in [0.4, 0.5) is 5.69 Å². The highest BCUT2D eigenvalue weighted by Crippen LogP contribution is 2.54. The Morgan fingerprint density at radius 2 is 1.71 bits per heavy atom. The molecule has 10 heteroatoms. The van der Waals surface area contributed by atoms with Crippen molar-refractivity contribution in [3.8, 4) is 16.9 Å². The van der Waals surface area contributed by atoms with Gasteiger partial charge in [-0.3, -0.25) is 19.3 Å². The number of benzene rings is 2. The summed E-state index contributed by atoms with van der Waals surface area (Å²) in [5.41, 5.74) is 5.26. The van der Waals surface area contributed by atoms with Crippen LogP contribution in [-0.2, 0) is 22.4 Å². The van der Waals surface area contributed by atoms with Crippen LogP contribution in [-0.4, -0.2) is 82.6 Å². The average Bonchev–Trinajstić information content (AvgIpc) is 2.90. The third-order valence-electron chi connectivity index (χ3n) is 8.85. The molecule has 6 N–H and O–H groups in total. The second-order valence-corrected chi connectivity index (χ2v) is 11.6. The summed E-state index contributed by atoms with van der Waals surface area (Å²) in [7, 11) is 6.87. The number of ketones is 2. The quantitative estimate of drug-likeness (QED) is 0.345. The maximum atomic E-state index is 14.2. The van der Waals surface area contributed by atoms with Crippen LogP contribution in [0.5, 0.6) is 5.75 Å². The van der Waals surface area contributed by atoms with E-state index in [2.05, 4.69) is 0 Å². The van der Waals surface area contributed by atoms with E-state index >= 15 is 0 Å². The maximum Gasteiger partial charge on any atom is 0.255 e. The van der Waals surface area contributed by atoms with Gasteiger partial charge < -0.3 is 31.1 Å². The Hall–Kier alpha value is -4.15. The number of aliphatic hydroxyl groups is 3. The molecule has 216 valence electrons. The zero-order chi connectivity index (χ0) is 30.1. The SMILES string of the molecule is CCc1ccc(-c2cc(N(C)C)c3c(c2O)C(=O)C2=C(O)[C@@]4(O)C(=O)C(C(N)=O)=C(O)[C@H](N(C)C)[C@H]4C[C@H]2C3)cc1. The lowest BCUT2D eigenvalue weighted by Crippen LogP contribution is -2.63. The molecule has 0 aliphatic heterocycles. The minimum atomic E-state index is -2.67. The number of hydrogen-bond acceptors (Lipinski definition) is 9. The van der Waals surface area contributed by atoms with Crippen molar-refractivity contribution in [2.75, 3.05) is 33.1 Å². The number of phenolic OH excluding ortho intramolecular Hbond substituents is 1. The van der Waals surface area contributed by atoms with Crippen molar-refractivity contribution in [3.05, 3.63) is 69.7 Å². The smallest absolute Gasteiger partial charge is 0.255 e. The molecule has 10 nitrogen and oxygen atoms in total. The van der Waals surface area contributed by atoms with Gasteiger partial charge in [-0.15, -0.1) is 0 Å². The van der Waals surface area contributed by atoms with Crippen LogP contribution in [0.15, 0.2) is 53.0 Å². The van der Waals surface area contributed by atoms with Crippen LogP contribution in [0.25, 0.3) is 11.1 Å². The van der Waals surface area contributed by atoms with Gasteiger partial charge in [0.25, 0.3) is 5.91 Å². The number of aryl methyl sites for hydroxylation is 1. The second kappa shape index (κ2) is 9.74. The number of rotatable bonds is 5. The normalized spacial score (nSPS) is 25.7. The number of hydrogen-bond donors (Lipinski definition) is 5. The first-order valence-corrected chi connectivity index (χ1v) is 13.6. The first-order valence-electron chi connectivity index (χ1n) is 13.6. The van der Waals surface area contributed by atoms with Crippen LogP contribution in [0.2, 0.25) is 0 Å². The summed E-state index contributed by atoms with van der Waals surface area (Å²) in [6.07, 6.45) is 1.11. The zero-order valence-electron chi connectivity index (χ0n) is 23.7. The van der Waals surface area contributed by atoms with Crippen LogP contribution in [0, 0.1) is 11.8 Å². The molecule has 1 amide bonds. The predicted molar refractivity (Wildman–Crippen MR) is 153 cm³/mol. The molecule has 0 bridgehead atoms. The lowest BCUT2D eigenvalue weighted by Gasteiger charge is -2.50. The number of aromatic hydroxyl groups is 1. The summed E-state index contributed by atoms with van der Waals surface area (Å²) in [4.78, 5) is 43.2. The topological polar surface area (TPSA) is 165 Å². The Labute approximate surface area is 238 Å². The van der Waals surface area contributed by atoms with Gasteiger partial charge in [-0.05, 0) is 62.0 Å². The fourth-order valence-electron chi connectivity index (χ4n) is 6.84. The monoisotopic (exact) mass is 561 g/mol. The Bertz CT molecular complexity index is 1550. The van der Waals surface area contributed by atoms with E-state index in [0.717, 1.165) is 12.0 Å². The summed E-state index contributed by atoms with van der Waals surface area (Å²) in [6, 6.07) is 8.43. The molecule has 5 rings (SSSR count). The van der Waals surface area contributed by atoms with Gasteiger partial charge in [-0.1, -0.05) is 31.2 Å². The molecule has 0 saturated heterocycles. The highest BCUT2D eigenvalue weighted by atomic mass is 16.3. The van der Waals surface area contributed by atoms with Gasteiger partial charge in [0.2, 0.25) is 5.78 Å². The molecule has 0 spiro atoms.